The predicted octanol–water partition coefficient (Wildman–Crippen LogP) is 3.73. The van der Waals surface area contributed by atoms with Gasteiger partial charge in [-0.05, 0) is 41.5 Å². The second-order valence-electron chi connectivity index (χ2n) is 6.71. The molecular weight excluding hydrogens is 383 g/mol. The Kier molecular flexibility index (Phi) is 5.63. The number of fused-ring (bicyclic) bond motifs is 1. The van der Waals surface area contributed by atoms with Gasteiger partial charge in [-0.25, -0.2) is 9.37 Å². The summed E-state index contributed by atoms with van der Waals surface area (Å²) >= 11 is 0. The molecule has 0 aliphatic carbocycles. The number of carbonyl (C=O) groups excluding carboxylic acids is 1. The third-order valence-corrected chi connectivity index (χ3v) is 4.64. The van der Waals surface area contributed by atoms with Crippen molar-refractivity contribution in [1.29, 1.82) is 0 Å². The predicted molar refractivity (Wildman–Crippen MR) is 113 cm³/mol. The van der Waals surface area contributed by atoms with Gasteiger partial charge in [0.15, 0.2) is 0 Å². The average Bonchev–Trinajstić information content (AvgIpc) is 3.19. The van der Waals surface area contributed by atoms with E-state index in [0.29, 0.717) is 22.3 Å². The van der Waals surface area contributed by atoms with Crippen LogP contribution in [0.25, 0.3) is 23.2 Å². The summed E-state index contributed by atoms with van der Waals surface area (Å²) in [6.45, 7) is -0.231. The van der Waals surface area contributed by atoms with Crippen LogP contribution in [0.1, 0.15) is 33.4 Å². The first-order valence-corrected chi connectivity index (χ1v) is 9.39. The maximum atomic E-state index is 13.4. The molecule has 2 aromatic carbocycles. The van der Waals surface area contributed by atoms with Crippen LogP contribution < -0.4 is 5.32 Å². The van der Waals surface area contributed by atoms with Gasteiger partial charge in [0.25, 0.3) is 5.91 Å². The van der Waals surface area contributed by atoms with Crippen LogP contribution in [0.3, 0.4) is 0 Å². The fraction of sp³-hybridized carbons (Fsp3) is 0.0870. The molecule has 7 heteroatoms. The standard InChI is InChI=1S/C23H19FN4O2/c24-17-8-4-5-15(13-17)9-10-18-22-19(28-27-18)11-12-20(25-22)23(30)26-21(14-29)16-6-2-1-3-7-16/h1-13,21,29H,14H2,(H,26,30)(H,27,28). The van der Waals surface area contributed by atoms with Crippen molar-refractivity contribution < 1.29 is 14.3 Å². The number of aromatic nitrogens is 3. The number of aliphatic hydroxyl groups is 1. The van der Waals surface area contributed by atoms with Gasteiger partial charge in [-0.3, -0.25) is 9.89 Å². The number of nitrogens with one attached hydrogen (secondary N) is 2. The van der Waals surface area contributed by atoms with E-state index in [2.05, 4.69) is 20.5 Å². The Labute approximate surface area is 172 Å². The van der Waals surface area contributed by atoms with Crippen molar-refractivity contribution in [3.63, 3.8) is 0 Å². The lowest BCUT2D eigenvalue weighted by Gasteiger charge is -2.16. The Morgan fingerprint density at radius 1 is 1.10 bits per heavy atom. The van der Waals surface area contributed by atoms with Gasteiger partial charge in [-0.15, -0.1) is 0 Å². The van der Waals surface area contributed by atoms with Gasteiger partial charge < -0.3 is 10.4 Å². The zero-order valence-corrected chi connectivity index (χ0v) is 15.9. The van der Waals surface area contributed by atoms with Crippen LogP contribution in [-0.2, 0) is 0 Å². The highest BCUT2D eigenvalue weighted by molar-refractivity contribution is 5.96. The number of aliphatic hydroxyl groups excluding tert-OH is 1. The van der Waals surface area contributed by atoms with Gasteiger partial charge in [0.2, 0.25) is 0 Å². The Bertz CT molecular complexity index is 1200. The number of nitrogens with zero attached hydrogens (tertiary/aromatic N) is 2. The number of rotatable bonds is 6. The number of halogens is 1. The maximum absolute atomic E-state index is 13.4. The fourth-order valence-corrected chi connectivity index (χ4v) is 3.10. The third-order valence-electron chi connectivity index (χ3n) is 4.64. The number of pyridine rings is 1. The summed E-state index contributed by atoms with van der Waals surface area (Å²) in [5, 5.41) is 19.6. The van der Waals surface area contributed by atoms with E-state index in [9.17, 15) is 14.3 Å². The van der Waals surface area contributed by atoms with Crippen molar-refractivity contribution in [3.8, 4) is 0 Å². The molecule has 1 atom stereocenters. The first-order chi connectivity index (χ1) is 14.6. The molecule has 1 unspecified atom stereocenters. The Morgan fingerprint density at radius 3 is 2.70 bits per heavy atom. The normalized spacial score (nSPS) is 12.3. The van der Waals surface area contributed by atoms with Crippen LogP contribution >= 0.6 is 0 Å². The van der Waals surface area contributed by atoms with Gasteiger partial charge in [0, 0.05) is 0 Å². The zero-order valence-electron chi connectivity index (χ0n) is 15.9. The van der Waals surface area contributed by atoms with Crippen LogP contribution in [0, 0.1) is 5.82 Å². The highest BCUT2D eigenvalue weighted by Gasteiger charge is 2.17. The summed E-state index contributed by atoms with van der Waals surface area (Å²) in [5.74, 6) is -0.723. The van der Waals surface area contributed by atoms with E-state index < -0.39 is 11.9 Å². The molecule has 2 heterocycles. The molecule has 2 aromatic heterocycles. The van der Waals surface area contributed by atoms with Crippen molar-refractivity contribution in [2.24, 2.45) is 0 Å². The van der Waals surface area contributed by atoms with Crippen molar-refractivity contribution in [1.82, 2.24) is 20.5 Å². The fourth-order valence-electron chi connectivity index (χ4n) is 3.10. The Morgan fingerprint density at radius 2 is 1.93 bits per heavy atom. The van der Waals surface area contributed by atoms with Gasteiger partial charge in [-0.2, -0.15) is 5.10 Å². The van der Waals surface area contributed by atoms with Crippen molar-refractivity contribution in [3.05, 3.63) is 95.1 Å². The molecule has 0 bridgehead atoms. The smallest absolute Gasteiger partial charge is 0.270 e. The zero-order chi connectivity index (χ0) is 20.9. The summed E-state index contributed by atoms with van der Waals surface area (Å²) in [7, 11) is 0. The minimum Gasteiger partial charge on any atom is -0.394 e. The molecule has 0 saturated carbocycles. The average molecular weight is 402 g/mol. The van der Waals surface area contributed by atoms with E-state index >= 15 is 0 Å². The van der Waals surface area contributed by atoms with Crippen molar-refractivity contribution in [2.45, 2.75) is 6.04 Å². The molecule has 4 rings (SSSR count). The quantitative estimate of drug-likeness (QED) is 0.458. The van der Waals surface area contributed by atoms with Crippen LogP contribution in [0.4, 0.5) is 4.39 Å². The lowest BCUT2D eigenvalue weighted by atomic mass is 10.1. The highest BCUT2D eigenvalue weighted by Crippen LogP contribution is 2.18. The highest BCUT2D eigenvalue weighted by atomic mass is 19.1. The molecular formula is C23H19FN4O2. The van der Waals surface area contributed by atoms with Crippen molar-refractivity contribution >= 4 is 29.1 Å². The lowest BCUT2D eigenvalue weighted by molar-refractivity contribution is 0.0911. The number of aromatic amines is 1. The monoisotopic (exact) mass is 402 g/mol. The van der Waals surface area contributed by atoms with E-state index in [1.807, 2.05) is 30.3 Å². The molecule has 4 aromatic rings. The molecule has 6 nitrogen and oxygen atoms in total. The number of hydrogen-bond acceptors (Lipinski definition) is 4. The molecule has 1 amide bonds. The molecule has 150 valence electrons. The van der Waals surface area contributed by atoms with Crippen LogP contribution in [0.15, 0.2) is 66.7 Å². The molecule has 0 spiro atoms. The maximum Gasteiger partial charge on any atom is 0.270 e. The summed E-state index contributed by atoms with van der Waals surface area (Å²) in [4.78, 5) is 17.1. The Hall–Kier alpha value is -3.84. The molecule has 0 saturated heterocycles. The molecule has 0 aliphatic heterocycles. The molecule has 30 heavy (non-hydrogen) atoms. The number of H-pyrrole nitrogens is 1. The van der Waals surface area contributed by atoms with E-state index in [1.54, 1.807) is 36.4 Å². The van der Waals surface area contributed by atoms with Gasteiger partial charge in [0.1, 0.15) is 22.7 Å². The summed E-state index contributed by atoms with van der Waals surface area (Å²) in [6, 6.07) is 18.2. The topological polar surface area (TPSA) is 90.9 Å². The minimum absolute atomic E-state index is 0.207. The molecule has 3 N–H and O–H groups in total. The van der Waals surface area contributed by atoms with E-state index in [0.717, 1.165) is 5.56 Å². The number of carbonyl (C=O) groups is 1. The number of amides is 1. The van der Waals surface area contributed by atoms with Crippen LogP contribution in [0.2, 0.25) is 0 Å². The Balaban J connectivity index is 1.58. The van der Waals surface area contributed by atoms with Crippen molar-refractivity contribution in [2.75, 3.05) is 6.61 Å². The van der Waals surface area contributed by atoms with E-state index in [1.165, 1.54) is 12.1 Å². The molecule has 0 radical (unpaired) electrons. The second kappa shape index (κ2) is 8.67. The van der Waals surface area contributed by atoms with Crippen LogP contribution in [0.5, 0.6) is 0 Å². The van der Waals surface area contributed by atoms with Crippen LogP contribution in [-0.4, -0.2) is 32.8 Å². The minimum atomic E-state index is -0.534. The summed E-state index contributed by atoms with van der Waals surface area (Å²) in [5.41, 5.74) is 3.43. The first kappa shape index (κ1) is 19.5. The summed E-state index contributed by atoms with van der Waals surface area (Å²) < 4.78 is 13.4. The third kappa shape index (κ3) is 4.26. The lowest BCUT2D eigenvalue weighted by Crippen LogP contribution is -2.31. The van der Waals surface area contributed by atoms with E-state index in [-0.39, 0.29) is 18.1 Å². The molecule has 0 fully saturated rings. The first-order valence-electron chi connectivity index (χ1n) is 9.39. The largest absolute Gasteiger partial charge is 0.394 e. The number of benzene rings is 2. The SMILES string of the molecule is O=C(NC(CO)c1ccccc1)c1ccc2[nH]nc(C=Cc3cccc(F)c3)c2n1. The van der Waals surface area contributed by atoms with Gasteiger partial charge in [0.05, 0.1) is 18.2 Å². The summed E-state index contributed by atoms with van der Waals surface area (Å²) in [6.07, 6.45) is 3.44. The molecule has 0 aliphatic rings. The second-order valence-corrected chi connectivity index (χ2v) is 6.71. The van der Waals surface area contributed by atoms with E-state index in [4.69, 9.17) is 0 Å². The van der Waals surface area contributed by atoms with Gasteiger partial charge in [-0.1, -0.05) is 48.5 Å². The number of hydrogen-bond donors (Lipinski definition) is 3. The van der Waals surface area contributed by atoms with Gasteiger partial charge >= 0.3 is 0 Å².